The molecule has 1 unspecified atom stereocenters. The Hall–Kier alpha value is -3.87. The highest BCUT2D eigenvalue weighted by Crippen LogP contribution is 2.34. The molecule has 0 spiro atoms. The molecule has 0 heterocycles. The van der Waals surface area contributed by atoms with E-state index in [2.05, 4.69) is 5.32 Å². The minimum atomic E-state index is -1.08. The number of methoxy groups -OCH3 is 1. The summed E-state index contributed by atoms with van der Waals surface area (Å²) in [5.74, 6) is -0.129. The number of carbonyl (C=O) groups excluding carboxylic acids is 1. The Morgan fingerprint density at radius 1 is 1.03 bits per heavy atom. The molecule has 0 bridgehead atoms. The van der Waals surface area contributed by atoms with Crippen LogP contribution in [0.2, 0.25) is 0 Å². The Morgan fingerprint density at radius 3 is 2.43 bits per heavy atom. The normalized spacial score (nSPS) is 11.4. The number of ether oxygens (including phenoxy) is 2. The molecule has 0 aromatic heterocycles. The van der Waals surface area contributed by atoms with E-state index in [4.69, 9.17) is 9.47 Å². The second-order valence-electron chi connectivity index (χ2n) is 6.81. The number of anilines is 1. The van der Waals surface area contributed by atoms with Crippen LogP contribution in [0.25, 0.3) is 0 Å². The number of nitrogens with zero attached hydrogens (tertiary/aromatic N) is 1. The fourth-order valence-corrected chi connectivity index (χ4v) is 2.96. The lowest BCUT2D eigenvalue weighted by Crippen LogP contribution is -2.26. The summed E-state index contributed by atoms with van der Waals surface area (Å²) in [7, 11) is 1.42. The van der Waals surface area contributed by atoms with Gasteiger partial charge in [0.2, 0.25) is 6.10 Å². The molecule has 0 aliphatic carbocycles. The molecule has 1 N–H and O–H groups in total. The molecular formula is C23H22N2O5. The van der Waals surface area contributed by atoms with E-state index < -0.39 is 16.9 Å². The Bertz CT molecular complexity index is 1070. The summed E-state index contributed by atoms with van der Waals surface area (Å²) in [5.41, 5.74) is 2.85. The molecule has 30 heavy (non-hydrogen) atoms. The number of hydrogen-bond acceptors (Lipinski definition) is 5. The average Bonchev–Trinajstić information content (AvgIpc) is 2.75. The Labute approximate surface area is 174 Å². The first-order chi connectivity index (χ1) is 14.4. The zero-order valence-corrected chi connectivity index (χ0v) is 16.9. The molecule has 0 saturated carbocycles. The van der Waals surface area contributed by atoms with Crippen molar-refractivity contribution in [2.75, 3.05) is 12.4 Å². The molecule has 3 aromatic rings. The first-order valence-electron chi connectivity index (χ1n) is 9.31. The molecule has 3 aromatic carbocycles. The third-order valence-corrected chi connectivity index (χ3v) is 4.60. The number of aryl methyl sites for hydroxylation is 2. The SMILES string of the molecule is COc1ccc(OC(C(=O)Nc2cc(C)ccc2C)c2ccccc2)c([N+](=O)[O-])c1. The van der Waals surface area contributed by atoms with Gasteiger partial charge in [-0.2, -0.15) is 0 Å². The van der Waals surface area contributed by atoms with E-state index in [1.807, 2.05) is 38.1 Å². The van der Waals surface area contributed by atoms with Gasteiger partial charge >= 0.3 is 5.69 Å². The standard InChI is InChI=1S/C23H22N2O5/c1-15-9-10-16(2)19(13-15)24-23(26)22(17-7-5-4-6-8-17)30-21-12-11-18(29-3)14-20(21)25(27)28/h4-14,22H,1-3H3,(H,24,26). The lowest BCUT2D eigenvalue weighted by molar-refractivity contribution is -0.386. The molecule has 0 aliphatic heterocycles. The van der Waals surface area contributed by atoms with Crippen molar-refractivity contribution in [3.05, 3.63) is 93.5 Å². The largest absolute Gasteiger partial charge is 0.496 e. The number of rotatable bonds is 7. The maximum absolute atomic E-state index is 13.2. The lowest BCUT2D eigenvalue weighted by Gasteiger charge is -2.20. The van der Waals surface area contributed by atoms with Crippen LogP contribution in [-0.4, -0.2) is 17.9 Å². The fraction of sp³-hybridized carbons (Fsp3) is 0.174. The van der Waals surface area contributed by atoms with E-state index in [9.17, 15) is 14.9 Å². The Kier molecular flexibility index (Phi) is 6.32. The molecule has 7 nitrogen and oxygen atoms in total. The zero-order chi connectivity index (χ0) is 21.7. The number of nitro groups is 1. The summed E-state index contributed by atoms with van der Waals surface area (Å²) in [6.45, 7) is 3.82. The first kappa shape index (κ1) is 20.9. The van der Waals surface area contributed by atoms with Crippen LogP contribution in [0.3, 0.4) is 0 Å². The van der Waals surface area contributed by atoms with Crippen LogP contribution in [0.5, 0.6) is 11.5 Å². The van der Waals surface area contributed by atoms with Gasteiger partial charge in [-0.25, -0.2) is 0 Å². The maximum atomic E-state index is 13.2. The van der Waals surface area contributed by atoms with Gasteiger partial charge in [-0.15, -0.1) is 0 Å². The van der Waals surface area contributed by atoms with Crippen molar-refractivity contribution in [1.82, 2.24) is 0 Å². The minimum Gasteiger partial charge on any atom is -0.496 e. The van der Waals surface area contributed by atoms with E-state index in [1.54, 1.807) is 30.3 Å². The van der Waals surface area contributed by atoms with Crippen molar-refractivity contribution in [2.24, 2.45) is 0 Å². The molecule has 0 saturated heterocycles. The predicted molar refractivity (Wildman–Crippen MR) is 114 cm³/mol. The van der Waals surface area contributed by atoms with Crippen LogP contribution >= 0.6 is 0 Å². The molecule has 1 atom stereocenters. The lowest BCUT2D eigenvalue weighted by atomic mass is 10.1. The summed E-state index contributed by atoms with van der Waals surface area (Å²) < 4.78 is 10.9. The van der Waals surface area contributed by atoms with E-state index in [0.717, 1.165) is 11.1 Å². The van der Waals surface area contributed by atoms with E-state index in [-0.39, 0.29) is 11.4 Å². The second-order valence-corrected chi connectivity index (χ2v) is 6.81. The van der Waals surface area contributed by atoms with Crippen LogP contribution in [0.1, 0.15) is 22.8 Å². The fourth-order valence-electron chi connectivity index (χ4n) is 2.96. The van der Waals surface area contributed by atoms with Crippen LogP contribution in [-0.2, 0) is 4.79 Å². The summed E-state index contributed by atoms with van der Waals surface area (Å²) in [5, 5.41) is 14.4. The molecule has 0 radical (unpaired) electrons. The van der Waals surface area contributed by atoms with Crippen molar-refractivity contribution < 1.29 is 19.2 Å². The summed E-state index contributed by atoms with van der Waals surface area (Å²) >= 11 is 0. The third kappa shape index (κ3) is 4.75. The molecule has 0 aliphatic rings. The molecule has 7 heteroatoms. The third-order valence-electron chi connectivity index (χ3n) is 4.60. The van der Waals surface area contributed by atoms with Gasteiger partial charge in [0.15, 0.2) is 5.75 Å². The first-order valence-corrected chi connectivity index (χ1v) is 9.31. The summed E-state index contributed by atoms with van der Waals surface area (Å²) in [6, 6.07) is 18.8. The number of amides is 1. The van der Waals surface area contributed by atoms with Gasteiger partial charge in [-0.1, -0.05) is 42.5 Å². The van der Waals surface area contributed by atoms with Crippen molar-refractivity contribution in [2.45, 2.75) is 20.0 Å². The monoisotopic (exact) mass is 406 g/mol. The summed E-state index contributed by atoms with van der Waals surface area (Å²) in [4.78, 5) is 24.1. The van der Waals surface area contributed by atoms with Gasteiger partial charge in [0.1, 0.15) is 5.75 Å². The van der Waals surface area contributed by atoms with Gasteiger partial charge in [-0.05, 0) is 43.2 Å². The molecular weight excluding hydrogens is 384 g/mol. The maximum Gasteiger partial charge on any atom is 0.314 e. The average molecular weight is 406 g/mol. The number of nitro benzene ring substituents is 1. The highest BCUT2D eigenvalue weighted by molar-refractivity contribution is 5.95. The number of carbonyl (C=O) groups is 1. The van der Waals surface area contributed by atoms with Crippen LogP contribution in [0, 0.1) is 24.0 Å². The van der Waals surface area contributed by atoms with Crippen LogP contribution in [0.4, 0.5) is 11.4 Å². The molecule has 0 fully saturated rings. The summed E-state index contributed by atoms with van der Waals surface area (Å²) in [6.07, 6.45) is -1.08. The minimum absolute atomic E-state index is 0.0224. The Balaban J connectivity index is 1.97. The predicted octanol–water partition coefficient (Wildman–Crippen LogP) is 4.98. The highest BCUT2D eigenvalue weighted by atomic mass is 16.6. The van der Waals surface area contributed by atoms with Crippen molar-refractivity contribution in [1.29, 1.82) is 0 Å². The molecule has 1 amide bonds. The van der Waals surface area contributed by atoms with Gasteiger partial charge in [0, 0.05) is 11.3 Å². The number of hydrogen-bond donors (Lipinski definition) is 1. The number of nitrogens with one attached hydrogen (secondary N) is 1. The van der Waals surface area contributed by atoms with Crippen molar-refractivity contribution >= 4 is 17.3 Å². The van der Waals surface area contributed by atoms with Gasteiger partial charge < -0.3 is 14.8 Å². The second kappa shape index (κ2) is 9.09. The van der Waals surface area contributed by atoms with Gasteiger partial charge in [0.25, 0.3) is 5.91 Å². The van der Waals surface area contributed by atoms with E-state index >= 15 is 0 Å². The van der Waals surface area contributed by atoms with Gasteiger partial charge in [0.05, 0.1) is 18.1 Å². The van der Waals surface area contributed by atoms with E-state index in [1.165, 1.54) is 19.2 Å². The van der Waals surface area contributed by atoms with Gasteiger partial charge in [-0.3, -0.25) is 14.9 Å². The Morgan fingerprint density at radius 2 is 1.77 bits per heavy atom. The highest BCUT2D eigenvalue weighted by Gasteiger charge is 2.27. The van der Waals surface area contributed by atoms with E-state index in [0.29, 0.717) is 17.0 Å². The number of benzene rings is 3. The van der Waals surface area contributed by atoms with Crippen LogP contribution in [0.15, 0.2) is 66.7 Å². The molecule has 3 rings (SSSR count). The molecule has 154 valence electrons. The van der Waals surface area contributed by atoms with Crippen LogP contribution < -0.4 is 14.8 Å². The van der Waals surface area contributed by atoms with Crippen molar-refractivity contribution in [3.8, 4) is 11.5 Å². The topological polar surface area (TPSA) is 90.7 Å². The van der Waals surface area contributed by atoms with Crippen molar-refractivity contribution in [3.63, 3.8) is 0 Å². The zero-order valence-electron chi connectivity index (χ0n) is 16.9. The smallest absolute Gasteiger partial charge is 0.314 e. The quantitative estimate of drug-likeness (QED) is 0.441.